The van der Waals surface area contributed by atoms with Gasteiger partial charge in [-0.1, -0.05) is 35.9 Å². The van der Waals surface area contributed by atoms with Crippen molar-refractivity contribution in [1.29, 1.82) is 0 Å². The zero-order valence-electron chi connectivity index (χ0n) is 12.9. The summed E-state index contributed by atoms with van der Waals surface area (Å²) in [6.45, 7) is 4.54. The van der Waals surface area contributed by atoms with Gasteiger partial charge in [0.2, 0.25) is 0 Å². The lowest BCUT2D eigenvalue weighted by atomic mass is 10.1. The lowest BCUT2D eigenvalue weighted by Gasteiger charge is -2.37. The van der Waals surface area contributed by atoms with Crippen LogP contribution in [0, 0.1) is 0 Å². The van der Waals surface area contributed by atoms with Crippen molar-refractivity contribution in [1.82, 2.24) is 9.21 Å². The van der Waals surface area contributed by atoms with Crippen molar-refractivity contribution in [2.75, 3.05) is 26.2 Å². The molecule has 2 aromatic rings. The minimum atomic E-state index is -3.34. The van der Waals surface area contributed by atoms with Gasteiger partial charge in [0, 0.05) is 37.2 Å². The third kappa shape index (κ3) is 3.46. The summed E-state index contributed by atoms with van der Waals surface area (Å²) >= 11 is 7.54. The molecule has 0 unspecified atom stereocenters. The molecule has 1 aromatic carbocycles. The molecule has 0 saturated carbocycles. The fourth-order valence-corrected chi connectivity index (χ4v) is 5.74. The van der Waals surface area contributed by atoms with E-state index in [0.717, 1.165) is 10.6 Å². The van der Waals surface area contributed by atoms with Gasteiger partial charge in [0.1, 0.15) is 4.21 Å². The van der Waals surface area contributed by atoms with E-state index in [1.165, 1.54) is 11.3 Å². The van der Waals surface area contributed by atoms with Crippen molar-refractivity contribution in [3.63, 3.8) is 0 Å². The number of piperazine rings is 1. The van der Waals surface area contributed by atoms with Crippen LogP contribution in [0.2, 0.25) is 5.02 Å². The van der Waals surface area contributed by atoms with E-state index in [1.54, 1.807) is 21.8 Å². The molecule has 124 valence electrons. The smallest absolute Gasteiger partial charge is 0.252 e. The summed E-state index contributed by atoms with van der Waals surface area (Å²) < 4.78 is 27.1. The van der Waals surface area contributed by atoms with Crippen LogP contribution in [0.1, 0.15) is 18.5 Å². The highest BCUT2D eigenvalue weighted by Gasteiger charge is 2.31. The van der Waals surface area contributed by atoms with Crippen molar-refractivity contribution in [2.24, 2.45) is 0 Å². The Morgan fingerprint density at radius 3 is 2.39 bits per heavy atom. The van der Waals surface area contributed by atoms with E-state index in [-0.39, 0.29) is 6.04 Å². The van der Waals surface area contributed by atoms with E-state index in [9.17, 15) is 8.42 Å². The molecule has 1 fully saturated rings. The Morgan fingerprint density at radius 2 is 1.78 bits per heavy atom. The highest BCUT2D eigenvalue weighted by Crippen LogP contribution is 2.29. The Kier molecular flexibility index (Phi) is 5.08. The van der Waals surface area contributed by atoms with Gasteiger partial charge in [0.05, 0.1) is 0 Å². The molecule has 3 rings (SSSR count). The molecule has 2 heterocycles. The summed E-state index contributed by atoms with van der Waals surface area (Å²) in [5, 5.41) is 2.55. The van der Waals surface area contributed by atoms with Crippen molar-refractivity contribution in [2.45, 2.75) is 17.2 Å². The number of halogens is 1. The summed E-state index contributed by atoms with van der Waals surface area (Å²) in [6.07, 6.45) is 0. The SMILES string of the molecule is C[C@H](c1ccccc1Cl)N1CCN(S(=O)(=O)c2cccs2)CC1. The average molecular weight is 371 g/mol. The predicted molar refractivity (Wildman–Crippen MR) is 94.5 cm³/mol. The van der Waals surface area contributed by atoms with Gasteiger partial charge in [-0.05, 0) is 30.0 Å². The van der Waals surface area contributed by atoms with Crippen LogP contribution in [0.3, 0.4) is 0 Å². The zero-order valence-corrected chi connectivity index (χ0v) is 15.2. The van der Waals surface area contributed by atoms with E-state index >= 15 is 0 Å². The van der Waals surface area contributed by atoms with E-state index in [2.05, 4.69) is 11.8 Å². The highest BCUT2D eigenvalue weighted by molar-refractivity contribution is 7.91. The maximum absolute atomic E-state index is 12.5. The second-order valence-corrected chi connectivity index (χ2v) is 9.09. The largest absolute Gasteiger partial charge is 0.294 e. The first-order valence-corrected chi connectivity index (χ1v) is 10.2. The predicted octanol–water partition coefficient (Wildman–Crippen LogP) is 3.47. The summed E-state index contributed by atoms with van der Waals surface area (Å²) in [7, 11) is -3.34. The molecule has 0 amide bonds. The fourth-order valence-electron chi connectivity index (χ4n) is 2.88. The number of thiophene rings is 1. The molecule has 1 atom stereocenters. The second-order valence-electron chi connectivity index (χ2n) is 5.57. The molecule has 0 spiro atoms. The van der Waals surface area contributed by atoms with Gasteiger partial charge in [-0.3, -0.25) is 4.90 Å². The molecule has 1 saturated heterocycles. The average Bonchev–Trinajstić information content (AvgIpc) is 3.10. The van der Waals surface area contributed by atoms with Crippen LogP contribution in [0.25, 0.3) is 0 Å². The number of rotatable bonds is 4. The fraction of sp³-hybridized carbons (Fsp3) is 0.375. The van der Waals surface area contributed by atoms with Crippen LogP contribution in [0.4, 0.5) is 0 Å². The Bertz CT molecular complexity index is 754. The molecule has 0 aliphatic carbocycles. The molecule has 1 aliphatic rings. The molecule has 1 aromatic heterocycles. The van der Waals surface area contributed by atoms with Crippen LogP contribution in [-0.2, 0) is 10.0 Å². The monoisotopic (exact) mass is 370 g/mol. The lowest BCUT2D eigenvalue weighted by molar-refractivity contribution is 0.146. The lowest BCUT2D eigenvalue weighted by Crippen LogP contribution is -2.49. The van der Waals surface area contributed by atoms with Gasteiger partial charge in [0.25, 0.3) is 10.0 Å². The van der Waals surface area contributed by atoms with Crippen LogP contribution in [-0.4, -0.2) is 43.8 Å². The quantitative estimate of drug-likeness (QED) is 0.827. The molecule has 0 N–H and O–H groups in total. The third-order valence-corrected chi connectivity index (χ3v) is 7.88. The first kappa shape index (κ1) is 16.9. The van der Waals surface area contributed by atoms with Crippen LogP contribution < -0.4 is 0 Å². The van der Waals surface area contributed by atoms with Crippen molar-refractivity contribution < 1.29 is 8.42 Å². The van der Waals surface area contributed by atoms with Gasteiger partial charge >= 0.3 is 0 Å². The number of benzene rings is 1. The molecular formula is C16H19ClN2O2S2. The van der Waals surface area contributed by atoms with E-state index < -0.39 is 10.0 Å². The molecule has 1 aliphatic heterocycles. The third-order valence-electron chi connectivity index (χ3n) is 4.27. The van der Waals surface area contributed by atoms with E-state index in [1.807, 2.05) is 24.3 Å². The Morgan fingerprint density at radius 1 is 1.09 bits per heavy atom. The first-order chi connectivity index (χ1) is 11.0. The number of hydrogen-bond acceptors (Lipinski definition) is 4. The molecule has 0 bridgehead atoms. The molecule has 4 nitrogen and oxygen atoms in total. The molecule has 7 heteroatoms. The van der Waals surface area contributed by atoms with E-state index in [4.69, 9.17) is 11.6 Å². The van der Waals surface area contributed by atoms with Gasteiger partial charge in [0.15, 0.2) is 0 Å². The number of hydrogen-bond donors (Lipinski definition) is 0. The molecule has 23 heavy (non-hydrogen) atoms. The highest BCUT2D eigenvalue weighted by atomic mass is 35.5. The summed E-state index contributed by atoms with van der Waals surface area (Å²) in [6, 6.07) is 11.4. The van der Waals surface area contributed by atoms with Gasteiger partial charge < -0.3 is 0 Å². The standard InChI is InChI=1S/C16H19ClN2O2S2/c1-13(14-5-2-3-6-15(14)17)18-8-10-19(11-9-18)23(20,21)16-7-4-12-22-16/h2-7,12-13H,8-11H2,1H3/t13-/m1/s1. The summed E-state index contributed by atoms with van der Waals surface area (Å²) in [4.78, 5) is 2.28. The molecular weight excluding hydrogens is 352 g/mol. The summed E-state index contributed by atoms with van der Waals surface area (Å²) in [5.74, 6) is 0. The minimum Gasteiger partial charge on any atom is -0.294 e. The van der Waals surface area contributed by atoms with Crippen molar-refractivity contribution in [3.05, 3.63) is 52.4 Å². The zero-order chi connectivity index (χ0) is 16.4. The van der Waals surface area contributed by atoms with Crippen LogP contribution >= 0.6 is 22.9 Å². The van der Waals surface area contributed by atoms with Crippen LogP contribution in [0.15, 0.2) is 46.0 Å². The second kappa shape index (κ2) is 6.91. The van der Waals surface area contributed by atoms with Gasteiger partial charge in [-0.15, -0.1) is 11.3 Å². The maximum atomic E-state index is 12.5. The topological polar surface area (TPSA) is 40.6 Å². The first-order valence-electron chi connectivity index (χ1n) is 7.52. The Hall–Kier alpha value is -0.920. The normalized spacial score (nSPS) is 18.9. The number of nitrogens with zero attached hydrogens (tertiary/aromatic N) is 2. The Labute approximate surface area is 146 Å². The van der Waals surface area contributed by atoms with E-state index in [0.29, 0.717) is 30.4 Å². The molecule has 0 radical (unpaired) electrons. The Balaban J connectivity index is 1.68. The number of sulfonamides is 1. The van der Waals surface area contributed by atoms with Gasteiger partial charge in [-0.2, -0.15) is 4.31 Å². The van der Waals surface area contributed by atoms with Gasteiger partial charge in [-0.25, -0.2) is 8.42 Å². The minimum absolute atomic E-state index is 0.176. The van der Waals surface area contributed by atoms with Crippen LogP contribution in [0.5, 0.6) is 0 Å². The van der Waals surface area contributed by atoms with Crippen molar-refractivity contribution in [3.8, 4) is 0 Å². The maximum Gasteiger partial charge on any atom is 0.252 e. The van der Waals surface area contributed by atoms with Crippen molar-refractivity contribution >= 4 is 33.0 Å². The summed E-state index contributed by atoms with van der Waals surface area (Å²) in [5.41, 5.74) is 1.09.